The van der Waals surface area contributed by atoms with Gasteiger partial charge in [-0.25, -0.2) is 4.98 Å². The second-order valence-corrected chi connectivity index (χ2v) is 5.14. The molecule has 1 aromatic carbocycles. The SMILES string of the molecule is NC1(c2nc3cc(Cl)c(Cl)cc3[nH]2)CCOC1. The van der Waals surface area contributed by atoms with Crippen LogP contribution in [0.4, 0.5) is 0 Å². The van der Waals surface area contributed by atoms with E-state index in [1.165, 1.54) is 0 Å². The fraction of sp³-hybridized carbons (Fsp3) is 0.364. The first-order valence-corrected chi connectivity index (χ1v) is 6.06. The quantitative estimate of drug-likeness (QED) is 0.838. The zero-order valence-corrected chi connectivity index (χ0v) is 10.5. The lowest BCUT2D eigenvalue weighted by molar-refractivity contribution is 0.176. The minimum atomic E-state index is -0.530. The van der Waals surface area contributed by atoms with Crippen molar-refractivity contribution in [3.05, 3.63) is 28.0 Å². The molecule has 90 valence electrons. The second-order valence-electron chi connectivity index (χ2n) is 4.33. The van der Waals surface area contributed by atoms with E-state index in [4.69, 9.17) is 33.7 Å². The molecule has 17 heavy (non-hydrogen) atoms. The molecule has 1 aliphatic rings. The fourth-order valence-corrected chi connectivity index (χ4v) is 2.33. The molecule has 1 aliphatic heterocycles. The van der Waals surface area contributed by atoms with Gasteiger partial charge < -0.3 is 15.5 Å². The number of nitrogens with zero attached hydrogens (tertiary/aromatic N) is 1. The first-order valence-electron chi connectivity index (χ1n) is 5.30. The number of aromatic nitrogens is 2. The average Bonchev–Trinajstić information content (AvgIpc) is 2.87. The Kier molecular flexibility index (Phi) is 2.56. The third-order valence-electron chi connectivity index (χ3n) is 3.05. The van der Waals surface area contributed by atoms with E-state index in [2.05, 4.69) is 9.97 Å². The Morgan fingerprint density at radius 3 is 2.82 bits per heavy atom. The average molecular weight is 272 g/mol. The first kappa shape index (κ1) is 11.3. The summed E-state index contributed by atoms with van der Waals surface area (Å²) in [5.74, 6) is 0.725. The van der Waals surface area contributed by atoms with Crippen LogP contribution in [-0.2, 0) is 10.3 Å². The van der Waals surface area contributed by atoms with Gasteiger partial charge in [0.25, 0.3) is 0 Å². The highest BCUT2D eigenvalue weighted by molar-refractivity contribution is 6.42. The molecule has 0 saturated carbocycles. The molecule has 1 fully saturated rings. The van der Waals surface area contributed by atoms with E-state index < -0.39 is 5.54 Å². The van der Waals surface area contributed by atoms with Gasteiger partial charge in [-0.2, -0.15) is 0 Å². The number of benzene rings is 1. The number of rotatable bonds is 1. The molecule has 1 aromatic heterocycles. The summed E-state index contributed by atoms with van der Waals surface area (Å²) in [6.07, 6.45) is 0.758. The summed E-state index contributed by atoms with van der Waals surface area (Å²) in [4.78, 5) is 7.65. The maximum absolute atomic E-state index is 6.24. The van der Waals surface area contributed by atoms with Crippen molar-refractivity contribution in [2.45, 2.75) is 12.0 Å². The topological polar surface area (TPSA) is 63.9 Å². The van der Waals surface area contributed by atoms with E-state index in [1.807, 2.05) is 0 Å². The maximum Gasteiger partial charge on any atom is 0.129 e. The molecule has 2 aromatic rings. The molecule has 4 nitrogen and oxygen atoms in total. The Labute approximate surface area is 108 Å². The highest BCUT2D eigenvalue weighted by Gasteiger charge is 2.35. The van der Waals surface area contributed by atoms with Gasteiger partial charge >= 0.3 is 0 Å². The third-order valence-corrected chi connectivity index (χ3v) is 3.77. The molecule has 6 heteroatoms. The normalized spacial score (nSPS) is 24.6. The lowest BCUT2D eigenvalue weighted by Gasteiger charge is -2.17. The van der Waals surface area contributed by atoms with Crippen molar-refractivity contribution in [1.29, 1.82) is 0 Å². The van der Waals surface area contributed by atoms with Gasteiger partial charge in [0.2, 0.25) is 0 Å². The fourth-order valence-electron chi connectivity index (χ4n) is 2.01. The Bertz CT molecular complexity index is 536. The molecule has 3 rings (SSSR count). The van der Waals surface area contributed by atoms with Crippen LogP contribution in [-0.4, -0.2) is 23.2 Å². The Morgan fingerprint density at radius 2 is 2.12 bits per heavy atom. The minimum absolute atomic E-state index is 0.480. The number of nitrogens with two attached hydrogens (primary N) is 1. The summed E-state index contributed by atoms with van der Waals surface area (Å²) in [5.41, 5.74) is 7.31. The number of hydrogen-bond donors (Lipinski definition) is 2. The van der Waals surface area contributed by atoms with Gasteiger partial charge in [0.1, 0.15) is 11.4 Å². The van der Waals surface area contributed by atoms with Gasteiger partial charge in [-0.15, -0.1) is 0 Å². The van der Waals surface area contributed by atoms with Gasteiger partial charge in [0.05, 0.1) is 27.7 Å². The Balaban J connectivity index is 2.13. The molecule has 2 heterocycles. The molecule has 1 unspecified atom stereocenters. The van der Waals surface area contributed by atoms with Crippen LogP contribution in [0.2, 0.25) is 10.0 Å². The van der Waals surface area contributed by atoms with Crippen molar-refractivity contribution >= 4 is 34.2 Å². The van der Waals surface area contributed by atoms with Crippen LogP contribution in [0.15, 0.2) is 12.1 Å². The predicted molar refractivity (Wildman–Crippen MR) is 67.4 cm³/mol. The summed E-state index contributed by atoms with van der Waals surface area (Å²) >= 11 is 11.9. The van der Waals surface area contributed by atoms with Crippen molar-refractivity contribution in [3.8, 4) is 0 Å². The van der Waals surface area contributed by atoms with Gasteiger partial charge in [-0.05, 0) is 18.6 Å². The van der Waals surface area contributed by atoms with Crippen LogP contribution in [0.3, 0.4) is 0 Å². The molecule has 0 bridgehead atoms. The van der Waals surface area contributed by atoms with Gasteiger partial charge in [-0.1, -0.05) is 23.2 Å². The zero-order valence-electron chi connectivity index (χ0n) is 8.96. The predicted octanol–water partition coefficient (Wildman–Crippen LogP) is 2.44. The van der Waals surface area contributed by atoms with Crippen molar-refractivity contribution in [2.75, 3.05) is 13.2 Å². The van der Waals surface area contributed by atoms with E-state index in [9.17, 15) is 0 Å². The van der Waals surface area contributed by atoms with E-state index in [-0.39, 0.29) is 0 Å². The number of imidazole rings is 1. The van der Waals surface area contributed by atoms with Crippen molar-refractivity contribution < 1.29 is 4.74 Å². The number of ether oxygens (including phenoxy) is 1. The molecule has 0 aliphatic carbocycles. The van der Waals surface area contributed by atoms with Crippen molar-refractivity contribution in [3.63, 3.8) is 0 Å². The number of hydrogen-bond acceptors (Lipinski definition) is 3. The van der Waals surface area contributed by atoms with Crippen molar-refractivity contribution in [2.24, 2.45) is 5.73 Å². The molecule has 1 atom stereocenters. The number of aromatic amines is 1. The molecular formula is C11H11Cl2N3O. The lowest BCUT2D eigenvalue weighted by Crippen LogP contribution is -2.38. The highest BCUT2D eigenvalue weighted by Crippen LogP contribution is 2.30. The van der Waals surface area contributed by atoms with E-state index in [0.717, 1.165) is 23.3 Å². The summed E-state index contributed by atoms with van der Waals surface area (Å²) in [6, 6.07) is 3.49. The van der Waals surface area contributed by atoms with Gasteiger partial charge in [0, 0.05) is 6.61 Å². The molecule has 0 spiro atoms. The van der Waals surface area contributed by atoms with Crippen LogP contribution in [0.1, 0.15) is 12.2 Å². The summed E-state index contributed by atoms with van der Waals surface area (Å²) in [5, 5.41) is 0.995. The van der Waals surface area contributed by atoms with Gasteiger partial charge in [0.15, 0.2) is 0 Å². The maximum atomic E-state index is 6.24. The highest BCUT2D eigenvalue weighted by atomic mass is 35.5. The zero-order chi connectivity index (χ0) is 12.0. The summed E-state index contributed by atoms with van der Waals surface area (Å²) in [7, 11) is 0. The van der Waals surface area contributed by atoms with Crippen LogP contribution in [0.5, 0.6) is 0 Å². The van der Waals surface area contributed by atoms with Crippen LogP contribution >= 0.6 is 23.2 Å². The number of nitrogens with one attached hydrogen (secondary N) is 1. The van der Waals surface area contributed by atoms with Crippen LogP contribution in [0, 0.1) is 0 Å². The van der Waals surface area contributed by atoms with E-state index in [0.29, 0.717) is 23.3 Å². The van der Waals surface area contributed by atoms with Crippen LogP contribution < -0.4 is 5.73 Å². The standard InChI is InChI=1S/C11H11Cl2N3O/c12-6-3-8-9(4-7(6)13)16-10(15-8)11(14)1-2-17-5-11/h3-4H,1-2,5,14H2,(H,15,16). The smallest absolute Gasteiger partial charge is 0.129 e. The van der Waals surface area contributed by atoms with E-state index >= 15 is 0 Å². The number of fused-ring (bicyclic) bond motifs is 1. The molecular weight excluding hydrogens is 261 g/mol. The molecule has 0 radical (unpaired) electrons. The third kappa shape index (κ3) is 1.81. The van der Waals surface area contributed by atoms with Crippen molar-refractivity contribution in [1.82, 2.24) is 9.97 Å². The number of H-pyrrole nitrogens is 1. The monoisotopic (exact) mass is 271 g/mol. The number of halogens is 2. The Morgan fingerprint density at radius 1 is 1.35 bits per heavy atom. The van der Waals surface area contributed by atoms with Gasteiger partial charge in [-0.3, -0.25) is 0 Å². The minimum Gasteiger partial charge on any atom is -0.379 e. The lowest BCUT2D eigenvalue weighted by atomic mass is 10.00. The second kappa shape index (κ2) is 3.85. The molecule has 1 saturated heterocycles. The first-order chi connectivity index (χ1) is 8.08. The summed E-state index contributed by atoms with van der Waals surface area (Å²) < 4.78 is 5.32. The van der Waals surface area contributed by atoms with Crippen LogP contribution in [0.25, 0.3) is 11.0 Å². The summed E-state index contributed by atoms with van der Waals surface area (Å²) in [6.45, 7) is 1.14. The molecule has 3 N–H and O–H groups in total. The largest absolute Gasteiger partial charge is 0.379 e. The molecule has 0 amide bonds. The van der Waals surface area contributed by atoms with E-state index in [1.54, 1.807) is 12.1 Å². The Hall–Kier alpha value is -0.810.